The highest BCUT2D eigenvalue weighted by atomic mass is 16.5. The van der Waals surface area contributed by atoms with Crippen LogP contribution in [0.5, 0.6) is 0 Å². The molecule has 1 N–H and O–H groups in total. The lowest BCUT2D eigenvalue weighted by Crippen LogP contribution is -2.47. The zero-order chi connectivity index (χ0) is 17.2. The molecule has 2 aliphatic rings. The van der Waals surface area contributed by atoms with Gasteiger partial charge in [-0.15, -0.1) is 0 Å². The highest BCUT2D eigenvalue weighted by Gasteiger charge is 2.44. The van der Waals surface area contributed by atoms with Crippen LogP contribution >= 0.6 is 0 Å². The average Bonchev–Trinajstić information content (AvgIpc) is 3.21. The van der Waals surface area contributed by atoms with Crippen LogP contribution in [0.1, 0.15) is 28.9 Å². The standard InChI is InChI=1S/C19H24N4O2/c1-22-9-3-6-17(22)19(24)21-15-13-23(12-14-5-2-8-20-11-14)16-7-4-10-25-18(15)16/h2-3,5-6,8-9,11,15-16,18H,4,7,10,12-13H2,1H3,(H,21,24)/t15-,16-,18-/m1/s1. The number of rotatable bonds is 4. The van der Waals surface area contributed by atoms with Gasteiger partial charge >= 0.3 is 0 Å². The Morgan fingerprint density at radius 2 is 2.32 bits per heavy atom. The van der Waals surface area contributed by atoms with Gasteiger partial charge in [0.2, 0.25) is 0 Å². The van der Waals surface area contributed by atoms with Gasteiger partial charge in [-0.1, -0.05) is 6.07 Å². The molecule has 132 valence electrons. The first-order chi connectivity index (χ1) is 12.2. The van der Waals surface area contributed by atoms with Gasteiger partial charge < -0.3 is 14.6 Å². The third kappa shape index (κ3) is 3.32. The summed E-state index contributed by atoms with van der Waals surface area (Å²) in [5.41, 5.74) is 1.87. The fourth-order valence-electron chi connectivity index (χ4n) is 4.03. The average molecular weight is 340 g/mol. The molecule has 6 nitrogen and oxygen atoms in total. The van der Waals surface area contributed by atoms with Gasteiger partial charge in [-0.05, 0) is 36.6 Å². The van der Waals surface area contributed by atoms with Crippen molar-refractivity contribution in [2.24, 2.45) is 7.05 Å². The number of hydrogen-bond donors (Lipinski definition) is 1. The van der Waals surface area contributed by atoms with Crippen molar-refractivity contribution < 1.29 is 9.53 Å². The lowest BCUT2D eigenvalue weighted by Gasteiger charge is -2.32. The molecule has 2 aliphatic heterocycles. The van der Waals surface area contributed by atoms with Crippen LogP contribution in [0.2, 0.25) is 0 Å². The van der Waals surface area contributed by atoms with Gasteiger partial charge in [0, 0.05) is 51.4 Å². The van der Waals surface area contributed by atoms with Gasteiger partial charge in [-0.2, -0.15) is 0 Å². The maximum Gasteiger partial charge on any atom is 0.268 e. The summed E-state index contributed by atoms with van der Waals surface area (Å²) in [5.74, 6) is -0.0337. The van der Waals surface area contributed by atoms with Crippen LogP contribution in [0.3, 0.4) is 0 Å². The van der Waals surface area contributed by atoms with E-state index in [1.54, 1.807) is 6.20 Å². The highest BCUT2D eigenvalue weighted by Crippen LogP contribution is 2.30. The van der Waals surface area contributed by atoms with E-state index in [1.807, 2.05) is 42.2 Å². The summed E-state index contributed by atoms with van der Waals surface area (Å²) in [7, 11) is 1.89. The van der Waals surface area contributed by atoms with E-state index in [2.05, 4.69) is 21.3 Å². The van der Waals surface area contributed by atoms with Crippen molar-refractivity contribution in [1.29, 1.82) is 0 Å². The number of likely N-dealkylation sites (tertiary alicyclic amines) is 1. The van der Waals surface area contributed by atoms with Crippen molar-refractivity contribution in [3.63, 3.8) is 0 Å². The molecule has 0 spiro atoms. The Bertz CT molecular complexity index is 730. The van der Waals surface area contributed by atoms with Crippen LogP contribution in [-0.4, -0.2) is 51.7 Å². The molecule has 0 radical (unpaired) electrons. The van der Waals surface area contributed by atoms with Gasteiger partial charge in [-0.25, -0.2) is 0 Å². The molecule has 25 heavy (non-hydrogen) atoms. The van der Waals surface area contributed by atoms with Gasteiger partial charge in [0.15, 0.2) is 0 Å². The molecule has 2 saturated heterocycles. The molecule has 0 aliphatic carbocycles. The third-order valence-electron chi connectivity index (χ3n) is 5.23. The maximum absolute atomic E-state index is 12.6. The van der Waals surface area contributed by atoms with Crippen LogP contribution in [0.15, 0.2) is 42.9 Å². The minimum absolute atomic E-state index is 0.0179. The summed E-state index contributed by atoms with van der Waals surface area (Å²) in [6.07, 6.45) is 7.84. The van der Waals surface area contributed by atoms with Crippen molar-refractivity contribution in [2.45, 2.75) is 37.6 Å². The number of nitrogens with one attached hydrogen (secondary N) is 1. The van der Waals surface area contributed by atoms with Crippen molar-refractivity contribution in [1.82, 2.24) is 19.8 Å². The number of fused-ring (bicyclic) bond motifs is 1. The summed E-state index contributed by atoms with van der Waals surface area (Å²) < 4.78 is 7.90. The number of carbonyl (C=O) groups excluding carboxylic acids is 1. The molecule has 2 fully saturated rings. The number of amides is 1. The lowest BCUT2D eigenvalue weighted by molar-refractivity contribution is -0.0211. The van der Waals surface area contributed by atoms with Crippen molar-refractivity contribution in [2.75, 3.05) is 13.2 Å². The first-order valence-electron chi connectivity index (χ1n) is 8.89. The van der Waals surface area contributed by atoms with E-state index in [1.165, 1.54) is 5.56 Å². The Balaban J connectivity index is 1.48. The maximum atomic E-state index is 12.6. The fourth-order valence-corrected chi connectivity index (χ4v) is 4.03. The minimum atomic E-state index is -0.0337. The summed E-state index contributed by atoms with van der Waals surface area (Å²) in [6, 6.07) is 8.17. The Kier molecular flexibility index (Phi) is 4.55. The summed E-state index contributed by atoms with van der Waals surface area (Å²) in [6.45, 7) is 2.42. The van der Waals surface area contributed by atoms with Crippen LogP contribution < -0.4 is 5.32 Å². The van der Waals surface area contributed by atoms with E-state index in [-0.39, 0.29) is 18.1 Å². The first kappa shape index (κ1) is 16.3. The second-order valence-corrected chi connectivity index (χ2v) is 6.92. The normalized spacial score (nSPS) is 26.4. The number of carbonyl (C=O) groups is 1. The highest BCUT2D eigenvalue weighted by molar-refractivity contribution is 5.93. The van der Waals surface area contributed by atoms with Crippen LogP contribution in [0, 0.1) is 0 Å². The van der Waals surface area contributed by atoms with Crippen molar-refractivity contribution in [3.8, 4) is 0 Å². The minimum Gasteiger partial charge on any atom is -0.374 e. The first-order valence-corrected chi connectivity index (χ1v) is 8.89. The van der Waals surface area contributed by atoms with E-state index in [0.717, 1.165) is 32.5 Å². The zero-order valence-corrected chi connectivity index (χ0v) is 14.5. The molecule has 6 heteroatoms. The Morgan fingerprint density at radius 3 is 3.08 bits per heavy atom. The summed E-state index contributed by atoms with van der Waals surface area (Å²) in [4.78, 5) is 19.2. The van der Waals surface area contributed by atoms with Gasteiger partial charge in [0.25, 0.3) is 5.91 Å². The molecule has 2 aromatic heterocycles. The Morgan fingerprint density at radius 1 is 1.40 bits per heavy atom. The second-order valence-electron chi connectivity index (χ2n) is 6.92. The molecule has 4 heterocycles. The number of ether oxygens (including phenoxy) is 1. The molecule has 0 aromatic carbocycles. The number of aromatic nitrogens is 2. The molecule has 4 rings (SSSR count). The van der Waals surface area contributed by atoms with Gasteiger partial charge in [0.1, 0.15) is 5.69 Å². The topological polar surface area (TPSA) is 59.4 Å². The van der Waals surface area contributed by atoms with Crippen LogP contribution in [-0.2, 0) is 18.3 Å². The molecule has 0 saturated carbocycles. The molecular weight excluding hydrogens is 316 g/mol. The smallest absolute Gasteiger partial charge is 0.268 e. The molecule has 2 aromatic rings. The molecule has 0 bridgehead atoms. The molecule has 3 atom stereocenters. The predicted molar refractivity (Wildman–Crippen MR) is 94.1 cm³/mol. The van der Waals surface area contributed by atoms with E-state index >= 15 is 0 Å². The molecular formula is C19H24N4O2. The van der Waals surface area contributed by atoms with Crippen LogP contribution in [0.4, 0.5) is 0 Å². The SMILES string of the molecule is Cn1cccc1C(=O)N[C@@H]1CN(Cc2cccnc2)[C@@H]2CCCO[C@@H]21. The predicted octanol–water partition coefficient (Wildman–Crippen LogP) is 1.58. The van der Waals surface area contributed by atoms with Gasteiger partial charge in [-0.3, -0.25) is 14.7 Å². The molecule has 0 unspecified atom stereocenters. The molecule has 1 amide bonds. The lowest BCUT2D eigenvalue weighted by atomic mass is 10.0. The number of hydrogen-bond acceptors (Lipinski definition) is 4. The number of nitrogens with zero attached hydrogens (tertiary/aromatic N) is 3. The quantitative estimate of drug-likeness (QED) is 0.918. The number of pyridine rings is 1. The van der Waals surface area contributed by atoms with E-state index in [9.17, 15) is 4.79 Å². The second kappa shape index (κ2) is 6.98. The summed E-state index contributed by atoms with van der Waals surface area (Å²) in [5, 5.41) is 3.20. The Hall–Kier alpha value is -2.18. The van der Waals surface area contributed by atoms with Crippen LogP contribution in [0.25, 0.3) is 0 Å². The number of aryl methyl sites for hydroxylation is 1. The monoisotopic (exact) mass is 340 g/mol. The summed E-state index contributed by atoms with van der Waals surface area (Å²) >= 11 is 0. The van der Waals surface area contributed by atoms with E-state index < -0.39 is 0 Å². The zero-order valence-electron chi connectivity index (χ0n) is 14.5. The largest absolute Gasteiger partial charge is 0.374 e. The van der Waals surface area contributed by atoms with Crippen molar-refractivity contribution in [3.05, 3.63) is 54.1 Å². The van der Waals surface area contributed by atoms with E-state index in [0.29, 0.717) is 11.7 Å². The van der Waals surface area contributed by atoms with Crippen molar-refractivity contribution >= 4 is 5.91 Å². The van der Waals surface area contributed by atoms with E-state index in [4.69, 9.17) is 4.74 Å². The van der Waals surface area contributed by atoms with Gasteiger partial charge in [0.05, 0.1) is 12.1 Å². The fraction of sp³-hybridized carbons (Fsp3) is 0.474. The Labute approximate surface area is 147 Å². The third-order valence-corrected chi connectivity index (χ3v) is 5.23.